The highest BCUT2D eigenvalue weighted by Gasteiger charge is 2.21. The van der Waals surface area contributed by atoms with E-state index in [1.807, 2.05) is 19.9 Å². The van der Waals surface area contributed by atoms with E-state index in [-0.39, 0.29) is 12.3 Å². The van der Waals surface area contributed by atoms with E-state index in [9.17, 15) is 4.79 Å². The van der Waals surface area contributed by atoms with Crippen molar-refractivity contribution in [3.05, 3.63) is 23.8 Å². The summed E-state index contributed by atoms with van der Waals surface area (Å²) < 4.78 is 5.18. The molecule has 0 aliphatic carbocycles. The molecular formula is C13H17N3O2. The summed E-state index contributed by atoms with van der Waals surface area (Å²) in [5.74, 6) is -0.182. The number of carbonyl (C=O) groups excluding carboxylic acids is 1. The van der Waals surface area contributed by atoms with Crippen LogP contribution < -0.4 is 11.1 Å². The molecule has 1 amide bonds. The van der Waals surface area contributed by atoms with E-state index in [2.05, 4.69) is 5.32 Å². The van der Waals surface area contributed by atoms with Gasteiger partial charge in [0, 0.05) is 7.11 Å². The minimum Gasteiger partial charge on any atom is -0.397 e. The van der Waals surface area contributed by atoms with Gasteiger partial charge in [0.15, 0.2) is 0 Å². The van der Waals surface area contributed by atoms with Crippen molar-refractivity contribution in [1.29, 1.82) is 5.26 Å². The molecule has 0 bridgehead atoms. The molecule has 1 aromatic carbocycles. The standard InChI is InChI=1S/C13H17N3O2/c1-13(2,18-3)7-12(17)16-11-5-4-9(8-14)6-10(11)15/h4-6H,7,15H2,1-3H3,(H,16,17). The number of amides is 1. The van der Waals surface area contributed by atoms with Crippen molar-refractivity contribution < 1.29 is 9.53 Å². The largest absolute Gasteiger partial charge is 0.397 e. The van der Waals surface area contributed by atoms with Gasteiger partial charge in [0.2, 0.25) is 5.91 Å². The second-order valence-corrected chi connectivity index (χ2v) is 4.60. The lowest BCUT2D eigenvalue weighted by Crippen LogP contribution is -2.29. The number of nitrogens with two attached hydrogens (primary N) is 1. The summed E-state index contributed by atoms with van der Waals surface area (Å²) in [6.45, 7) is 3.66. The maximum absolute atomic E-state index is 11.8. The van der Waals surface area contributed by atoms with Crippen molar-refractivity contribution in [3.63, 3.8) is 0 Å². The van der Waals surface area contributed by atoms with Crippen LogP contribution in [0.4, 0.5) is 11.4 Å². The third kappa shape index (κ3) is 3.75. The van der Waals surface area contributed by atoms with Crippen LogP contribution in [0.25, 0.3) is 0 Å². The molecule has 0 atom stereocenters. The van der Waals surface area contributed by atoms with E-state index < -0.39 is 5.60 Å². The first kappa shape index (κ1) is 14.0. The maximum Gasteiger partial charge on any atom is 0.227 e. The average Bonchev–Trinajstić information content (AvgIpc) is 2.31. The molecule has 5 nitrogen and oxygen atoms in total. The second kappa shape index (κ2) is 5.52. The van der Waals surface area contributed by atoms with Crippen LogP contribution in [0.3, 0.4) is 0 Å². The summed E-state index contributed by atoms with van der Waals surface area (Å²) in [6.07, 6.45) is 0.225. The highest BCUT2D eigenvalue weighted by molar-refractivity contribution is 5.94. The normalized spacial score (nSPS) is 10.8. The van der Waals surface area contributed by atoms with Crippen LogP contribution in [-0.4, -0.2) is 18.6 Å². The molecule has 0 unspecified atom stereocenters. The fourth-order valence-electron chi connectivity index (χ4n) is 1.40. The zero-order valence-corrected chi connectivity index (χ0v) is 10.8. The lowest BCUT2D eigenvalue weighted by molar-refractivity contribution is -0.121. The monoisotopic (exact) mass is 247 g/mol. The Balaban J connectivity index is 2.74. The van der Waals surface area contributed by atoms with E-state index in [4.69, 9.17) is 15.7 Å². The number of benzene rings is 1. The summed E-state index contributed by atoms with van der Waals surface area (Å²) in [5.41, 5.74) is 6.56. The molecular weight excluding hydrogens is 230 g/mol. The summed E-state index contributed by atoms with van der Waals surface area (Å²) in [5, 5.41) is 11.4. The molecule has 1 aromatic rings. The fraction of sp³-hybridized carbons (Fsp3) is 0.385. The molecule has 3 N–H and O–H groups in total. The average molecular weight is 247 g/mol. The van der Waals surface area contributed by atoms with Crippen LogP contribution in [0.2, 0.25) is 0 Å². The van der Waals surface area contributed by atoms with Crippen LogP contribution in [0.1, 0.15) is 25.8 Å². The van der Waals surface area contributed by atoms with Gasteiger partial charge < -0.3 is 15.8 Å². The predicted molar refractivity (Wildman–Crippen MR) is 69.9 cm³/mol. The first-order chi connectivity index (χ1) is 8.38. The SMILES string of the molecule is COC(C)(C)CC(=O)Nc1ccc(C#N)cc1N. The molecule has 96 valence electrons. The van der Waals surface area contributed by atoms with E-state index in [0.717, 1.165) is 0 Å². The summed E-state index contributed by atoms with van der Waals surface area (Å²) in [7, 11) is 1.56. The van der Waals surface area contributed by atoms with Crippen LogP contribution in [0.15, 0.2) is 18.2 Å². The zero-order chi connectivity index (χ0) is 13.8. The summed E-state index contributed by atoms with van der Waals surface area (Å²) in [6, 6.07) is 6.73. The van der Waals surface area contributed by atoms with Gasteiger partial charge in [-0.25, -0.2) is 0 Å². The molecule has 1 rings (SSSR count). The molecule has 5 heteroatoms. The Kier molecular flexibility index (Phi) is 4.29. The number of rotatable bonds is 4. The first-order valence-corrected chi connectivity index (χ1v) is 5.52. The Morgan fingerprint density at radius 2 is 2.22 bits per heavy atom. The van der Waals surface area contributed by atoms with Crippen molar-refractivity contribution in [3.8, 4) is 6.07 Å². The van der Waals surface area contributed by atoms with Gasteiger partial charge >= 0.3 is 0 Å². The highest BCUT2D eigenvalue weighted by atomic mass is 16.5. The number of hydrogen-bond donors (Lipinski definition) is 2. The summed E-state index contributed by atoms with van der Waals surface area (Å²) in [4.78, 5) is 11.8. The number of nitrogens with one attached hydrogen (secondary N) is 1. The van der Waals surface area contributed by atoms with Crippen molar-refractivity contribution in [2.24, 2.45) is 0 Å². The Hall–Kier alpha value is -2.06. The number of methoxy groups -OCH3 is 1. The molecule has 0 aliphatic rings. The van der Waals surface area contributed by atoms with Crippen LogP contribution in [0.5, 0.6) is 0 Å². The van der Waals surface area contributed by atoms with Gasteiger partial charge in [0.25, 0.3) is 0 Å². The number of ether oxygens (including phenoxy) is 1. The van der Waals surface area contributed by atoms with Crippen LogP contribution in [0, 0.1) is 11.3 Å². The highest BCUT2D eigenvalue weighted by Crippen LogP contribution is 2.21. The Morgan fingerprint density at radius 1 is 1.56 bits per heavy atom. The third-order valence-corrected chi connectivity index (χ3v) is 2.59. The van der Waals surface area contributed by atoms with Crippen molar-refractivity contribution >= 4 is 17.3 Å². The molecule has 18 heavy (non-hydrogen) atoms. The maximum atomic E-state index is 11.8. The van der Waals surface area contributed by atoms with Gasteiger partial charge in [0.1, 0.15) is 0 Å². The lowest BCUT2D eigenvalue weighted by atomic mass is 10.0. The Bertz CT molecular complexity index is 489. The molecule has 0 saturated carbocycles. The molecule has 0 aliphatic heterocycles. The number of nitrogen functional groups attached to an aromatic ring is 1. The topological polar surface area (TPSA) is 88.1 Å². The fourth-order valence-corrected chi connectivity index (χ4v) is 1.40. The van der Waals surface area contributed by atoms with E-state index >= 15 is 0 Å². The van der Waals surface area contributed by atoms with Crippen molar-refractivity contribution in [2.45, 2.75) is 25.9 Å². The van der Waals surface area contributed by atoms with Gasteiger partial charge in [-0.2, -0.15) is 5.26 Å². The number of hydrogen-bond acceptors (Lipinski definition) is 4. The molecule has 0 aromatic heterocycles. The number of nitriles is 1. The summed E-state index contributed by atoms with van der Waals surface area (Å²) >= 11 is 0. The van der Waals surface area contributed by atoms with Gasteiger partial charge in [-0.1, -0.05) is 0 Å². The molecule has 0 spiro atoms. The van der Waals surface area contributed by atoms with E-state index in [1.165, 1.54) is 6.07 Å². The minimum absolute atomic E-state index is 0.182. The van der Waals surface area contributed by atoms with Gasteiger partial charge in [-0.15, -0.1) is 0 Å². The Labute approximate surface area is 107 Å². The van der Waals surface area contributed by atoms with Crippen LogP contribution >= 0.6 is 0 Å². The molecule has 0 heterocycles. The lowest BCUT2D eigenvalue weighted by Gasteiger charge is -2.22. The Morgan fingerprint density at radius 3 is 2.72 bits per heavy atom. The van der Waals surface area contributed by atoms with Crippen LogP contribution in [-0.2, 0) is 9.53 Å². The number of nitrogens with zero attached hydrogens (tertiary/aromatic N) is 1. The first-order valence-electron chi connectivity index (χ1n) is 5.52. The minimum atomic E-state index is -0.522. The van der Waals surface area contributed by atoms with Gasteiger partial charge in [-0.05, 0) is 32.0 Å². The molecule has 0 fully saturated rings. The number of carbonyl (C=O) groups is 1. The van der Waals surface area contributed by atoms with Gasteiger partial charge in [-0.3, -0.25) is 4.79 Å². The third-order valence-electron chi connectivity index (χ3n) is 2.59. The molecule has 0 radical (unpaired) electrons. The van der Waals surface area contributed by atoms with Crippen molar-refractivity contribution in [1.82, 2.24) is 0 Å². The smallest absolute Gasteiger partial charge is 0.227 e. The predicted octanol–water partition coefficient (Wildman–Crippen LogP) is 1.89. The molecule has 0 saturated heterocycles. The van der Waals surface area contributed by atoms with Crippen molar-refractivity contribution in [2.75, 3.05) is 18.2 Å². The second-order valence-electron chi connectivity index (χ2n) is 4.60. The number of anilines is 2. The quantitative estimate of drug-likeness (QED) is 0.795. The van der Waals surface area contributed by atoms with Gasteiger partial charge in [0.05, 0.1) is 35.0 Å². The van der Waals surface area contributed by atoms with E-state index in [1.54, 1.807) is 19.2 Å². The van der Waals surface area contributed by atoms with E-state index in [0.29, 0.717) is 16.9 Å². The zero-order valence-electron chi connectivity index (χ0n) is 10.8.